The third-order valence-corrected chi connectivity index (χ3v) is 2.70. The summed E-state index contributed by atoms with van der Waals surface area (Å²) in [5.41, 5.74) is 3.17. The van der Waals surface area contributed by atoms with Crippen molar-refractivity contribution in [1.82, 2.24) is 0 Å². The fourth-order valence-electron chi connectivity index (χ4n) is 1.52. The summed E-state index contributed by atoms with van der Waals surface area (Å²) < 4.78 is 0. The van der Waals surface area contributed by atoms with Crippen molar-refractivity contribution in [2.45, 2.75) is 40.0 Å². The number of rotatable bonds is 0. The van der Waals surface area contributed by atoms with Crippen molar-refractivity contribution in [2.24, 2.45) is 5.92 Å². The van der Waals surface area contributed by atoms with Crippen molar-refractivity contribution in [2.75, 3.05) is 0 Å². The molecule has 1 heteroatoms. The van der Waals surface area contributed by atoms with Gasteiger partial charge < -0.3 is 0 Å². The van der Waals surface area contributed by atoms with E-state index in [1.165, 1.54) is 19.3 Å². The van der Waals surface area contributed by atoms with Gasteiger partial charge in [-0.25, -0.2) is 0 Å². The van der Waals surface area contributed by atoms with Crippen LogP contribution in [0.1, 0.15) is 40.0 Å². The Labute approximate surface area is 90.4 Å². The van der Waals surface area contributed by atoms with Gasteiger partial charge in [0.25, 0.3) is 0 Å². The quantitative estimate of drug-likeness (QED) is 0.588. The molecule has 1 aliphatic rings. The molecule has 0 aromatic rings. The first kappa shape index (κ1) is 12.2. The van der Waals surface area contributed by atoms with Gasteiger partial charge in [-0.1, -0.05) is 30.2 Å². The molecule has 0 heterocycles. The second kappa shape index (κ2) is 5.75. The molecule has 0 bridgehead atoms. The number of hydrogen-bond acceptors (Lipinski definition) is 0. The van der Waals surface area contributed by atoms with Gasteiger partial charge in [-0.2, -0.15) is 0 Å². The Morgan fingerprint density at radius 1 is 1.33 bits per heavy atom. The minimum atomic E-state index is 0. The van der Waals surface area contributed by atoms with Crippen LogP contribution in [-0.2, 0) is 21.1 Å². The largest absolute Gasteiger partial charge is 0.0879 e. The molecule has 72 valence electrons. The summed E-state index contributed by atoms with van der Waals surface area (Å²) >= 11 is 0. The van der Waals surface area contributed by atoms with Gasteiger partial charge in [0.1, 0.15) is 0 Å². The Hall–Kier alpha value is 0.168. The zero-order valence-corrected chi connectivity index (χ0v) is 10.4. The zero-order chi connectivity index (χ0) is 8.27. The average molecular weight is 345 g/mol. The average Bonchev–Trinajstić information content (AvgIpc) is 2.00. The normalized spacial score (nSPS) is 24.4. The fraction of sp³-hybridized carbons (Fsp3) is 0.636. The molecule has 0 nitrogen and oxygen atoms in total. The van der Waals surface area contributed by atoms with Gasteiger partial charge >= 0.3 is 0 Å². The van der Waals surface area contributed by atoms with E-state index in [0.29, 0.717) is 5.92 Å². The van der Waals surface area contributed by atoms with E-state index in [0.717, 1.165) is 0 Å². The maximum atomic E-state index is 2.33. The molecule has 0 saturated heterocycles. The third kappa shape index (κ3) is 3.27. The van der Waals surface area contributed by atoms with E-state index in [9.17, 15) is 0 Å². The van der Waals surface area contributed by atoms with Crippen molar-refractivity contribution in [1.29, 1.82) is 0 Å². The van der Waals surface area contributed by atoms with Crippen LogP contribution in [0.4, 0.5) is 0 Å². The van der Waals surface area contributed by atoms with Crippen LogP contribution < -0.4 is 0 Å². The molecule has 12 heavy (non-hydrogen) atoms. The maximum absolute atomic E-state index is 2.33. The van der Waals surface area contributed by atoms with Crippen LogP contribution in [0.2, 0.25) is 0 Å². The van der Waals surface area contributed by atoms with E-state index in [1.807, 2.05) is 0 Å². The van der Waals surface area contributed by atoms with Crippen LogP contribution in [0.3, 0.4) is 0 Å². The molecule has 1 atom stereocenters. The van der Waals surface area contributed by atoms with E-state index in [4.69, 9.17) is 0 Å². The molecule has 0 amide bonds. The van der Waals surface area contributed by atoms with Crippen molar-refractivity contribution in [3.63, 3.8) is 0 Å². The Balaban J connectivity index is 0.00000121. The van der Waals surface area contributed by atoms with E-state index >= 15 is 0 Å². The van der Waals surface area contributed by atoms with Crippen molar-refractivity contribution >= 4 is 0 Å². The van der Waals surface area contributed by atoms with Gasteiger partial charge in [0.15, 0.2) is 0 Å². The first-order valence-electron chi connectivity index (χ1n) is 4.54. The molecule has 0 aromatic heterocycles. The molecule has 0 N–H and O–H groups in total. The first-order chi connectivity index (χ1) is 5.22. The summed E-state index contributed by atoms with van der Waals surface area (Å²) in [6.45, 7) is 6.81. The number of hydrogen-bond donors (Lipinski definition) is 0. The maximum Gasteiger partial charge on any atom is 0 e. The van der Waals surface area contributed by atoms with Crippen LogP contribution in [-0.4, -0.2) is 0 Å². The first-order valence-corrected chi connectivity index (χ1v) is 4.54. The molecule has 0 spiro atoms. The predicted octanol–water partition coefficient (Wildman–Crippen LogP) is 3.70. The molecular weight excluding hydrogens is 327 g/mol. The Bertz CT molecular complexity index is 189. The van der Waals surface area contributed by atoms with E-state index in [1.54, 1.807) is 11.1 Å². The summed E-state index contributed by atoms with van der Waals surface area (Å²) in [4.78, 5) is 0. The summed E-state index contributed by atoms with van der Waals surface area (Å²) in [6.07, 6.45) is 8.53. The van der Waals surface area contributed by atoms with Gasteiger partial charge in [0.05, 0.1) is 0 Å². The van der Waals surface area contributed by atoms with Gasteiger partial charge in [-0.3, -0.25) is 0 Å². The van der Waals surface area contributed by atoms with Crippen LogP contribution in [0.15, 0.2) is 23.3 Å². The Morgan fingerprint density at radius 2 is 2.00 bits per heavy atom. The van der Waals surface area contributed by atoms with Gasteiger partial charge in [0.2, 0.25) is 0 Å². The topological polar surface area (TPSA) is 0 Å². The second-order valence-corrected chi connectivity index (χ2v) is 3.57. The smallest absolute Gasteiger partial charge is 0 e. The molecular formula is C11H18Pt. The van der Waals surface area contributed by atoms with Crippen LogP contribution in [0.25, 0.3) is 0 Å². The van der Waals surface area contributed by atoms with Gasteiger partial charge in [0, 0.05) is 21.1 Å². The SMILES string of the molecule is CC1=C(C)C(C)C=CCCC1.[Pt]. The van der Waals surface area contributed by atoms with Crippen LogP contribution in [0, 0.1) is 5.92 Å². The molecule has 0 saturated carbocycles. The molecule has 0 fully saturated rings. The fourth-order valence-corrected chi connectivity index (χ4v) is 1.52. The van der Waals surface area contributed by atoms with Crippen molar-refractivity contribution < 1.29 is 21.1 Å². The van der Waals surface area contributed by atoms with Crippen LogP contribution in [0.5, 0.6) is 0 Å². The molecule has 0 radical (unpaired) electrons. The molecule has 1 aliphatic carbocycles. The minimum Gasteiger partial charge on any atom is -0.0879 e. The minimum absolute atomic E-state index is 0. The summed E-state index contributed by atoms with van der Waals surface area (Å²) in [5.74, 6) is 0.662. The van der Waals surface area contributed by atoms with E-state index < -0.39 is 0 Å². The Kier molecular flexibility index (Phi) is 5.83. The molecule has 1 rings (SSSR count). The zero-order valence-electron chi connectivity index (χ0n) is 8.17. The van der Waals surface area contributed by atoms with Crippen molar-refractivity contribution in [3.05, 3.63) is 23.3 Å². The molecule has 1 unspecified atom stereocenters. The predicted molar refractivity (Wildman–Crippen MR) is 50.5 cm³/mol. The van der Waals surface area contributed by atoms with E-state index in [2.05, 4.69) is 32.9 Å². The van der Waals surface area contributed by atoms with Gasteiger partial charge in [-0.15, -0.1) is 0 Å². The molecule has 0 aromatic carbocycles. The summed E-state index contributed by atoms with van der Waals surface area (Å²) in [6, 6.07) is 0. The monoisotopic (exact) mass is 345 g/mol. The standard InChI is InChI=1S/C11H18.Pt/c1-9-7-5-4-6-8-10(2)11(9)3;/h5,7,9H,4,6,8H2,1-3H3;. The second-order valence-electron chi connectivity index (χ2n) is 3.57. The van der Waals surface area contributed by atoms with Gasteiger partial charge in [-0.05, 0) is 39.0 Å². The van der Waals surface area contributed by atoms with Crippen LogP contribution >= 0.6 is 0 Å². The van der Waals surface area contributed by atoms with Crippen molar-refractivity contribution in [3.8, 4) is 0 Å². The number of allylic oxidation sites excluding steroid dienone is 4. The van der Waals surface area contributed by atoms with E-state index in [-0.39, 0.29) is 21.1 Å². The third-order valence-electron chi connectivity index (χ3n) is 2.70. The Morgan fingerprint density at radius 3 is 2.67 bits per heavy atom. The summed E-state index contributed by atoms with van der Waals surface area (Å²) in [5, 5.41) is 0. The molecule has 0 aliphatic heterocycles. The summed E-state index contributed by atoms with van der Waals surface area (Å²) in [7, 11) is 0.